The number of carbonyl (C=O) groups is 2. The maximum atomic E-state index is 13.3. The van der Waals surface area contributed by atoms with Crippen molar-refractivity contribution in [2.45, 2.75) is 58.2 Å². The molecule has 2 aromatic carbocycles. The predicted molar refractivity (Wildman–Crippen MR) is 132 cm³/mol. The van der Waals surface area contributed by atoms with Gasteiger partial charge in [-0.15, -0.1) is 0 Å². The summed E-state index contributed by atoms with van der Waals surface area (Å²) in [6.07, 6.45) is 4.05. The molecule has 35 heavy (non-hydrogen) atoms. The molecule has 3 N–H and O–H groups in total. The van der Waals surface area contributed by atoms with Crippen LogP contribution in [-0.4, -0.2) is 44.7 Å². The highest BCUT2D eigenvalue weighted by Crippen LogP contribution is 2.41. The molecule has 0 saturated heterocycles. The van der Waals surface area contributed by atoms with Gasteiger partial charge in [0.25, 0.3) is 11.8 Å². The van der Waals surface area contributed by atoms with Crippen LogP contribution in [-0.2, 0) is 19.4 Å². The van der Waals surface area contributed by atoms with E-state index in [4.69, 9.17) is 0 Å². The number of fused-ring (bicyclic) bond motifs is 2. The van der Waals surface area contributed by atoms with Crippen molar-refractivity contribution in [3.05, 3.63) is 76.0 Å². The van der Waals surface area contributed by atoms with E-state index in [1.807, 2.05) is 24.3 Å². The van der Waals surface area contributed by atoms with Crippen LogP contribution in [0.4, 0.5) is 0 Å². The Bertz CT molecular complexity index is 1320. The molecule has 1 saturated carbocycles. The Hall–Kier alpha value is -3.45. The van der Waals surface area contributed by atoms with E-state index in [-0.39, 0.29) is 23.8 Å². The number of nitrogens with zero attached hydrogens (tertiary/aromatic N) is 2. The Labute approximate surface area is 204 Å². The molecule has 0 spiro atoms. The zero-order chi connectivity index (χ0) is 24.3. The number of aromatic amines is 1. The predicted octanol–water partition coefficient (Wildman–Crippen LogP) is 3.78. The number of amides is 2. The second-order valence-corrected chi connectivity index (χ2v) is 10.9. The Kier molecular flexibility index (Phi) is 5.07. The van der Waals surface area contributed by atoms with Crippen LogP contribution < -0.4 is 5.32 Å². The number of nitrogens with one attached hydrogen (secondary N) is 2. The molecule has 0 unspecified atom stereocenters. The molecule has 6 rings (SSSR count). The fourth-order valence-electron chi connectivity index (χ4n) is 5.48. The lowest BCUT2D eigenvalue weighted by molar-refractivity contribution is 0.0615. The molecule has 1 atom stereocenters. The first-order chi connectivity index (χ1) is 16.8. The highest BCUT2D eigenvalue weighted by atomic mass is 16.3. The van der Waals surface area contributed by atoms with Crippen molar-refractivity contribution >= 4 is 11.8 Å². The third-order valence-electron chi connectivity index (χ3n) is 7.49. The molecule has 0 radical (unpaired) electrons. The van der Waals surface area contributed by atoms with Crippen molar-refractivity contribution in [1.29, 1.82) is 0 Å². The second-order valence-electron chi connectivity index (χ2n) is 10.9. The Morgan fingerprint density at radius 1 is 1.20 bits per heavy atom. The number of H-pyrrole nitrogens is 1. The summed E-state index contributed by atoms with van der Waals surface area (Å²) >= 11 is 0. The number of hydrogen-bond acceptors (Lipinski definition) is 4. The number of hydrogen-bond donors (Lipinski definition) is 3. The number of aromatic nitrogens is 2. The summed E-state index contributed by atoms with van der Waals surface area (Å²) in [7, 11) is 0. The average molecular weight is 471 g/mol. The monoisotopic (exact) mass is 470 g/mol. The molecule has 2 aliphatic carbocycles. The molecule has 2 heterocycles. The lowest BCUT2D eigenvalue weighted by Crippen LogP contribution is -2.31. The number of aliphatic hydroxyl groups is 1. The van der Waals surface area contributed by atoms with E-state index in [0.717, 1.165) is 48.1 Å². The van der Waals surface area contributed by atoms with Crippen molar-refractivity contribution in [1.82, 2.24) is 20.4 Å². The SMILES string of the molecule is CC1(C)Cc2[nH]nc(-c3ccc4c(c3)CN([C@H](CO)c3ccc(C(=O)NC5CC5)cc3)C4=O)c2C1. The summed E-state index contributed by atoms with van der Waals surface area (Å²) in [5.41, 5.74) is 7.70. The normalized spacial score (nSPS) is 18.9. The highest BCUT2D eigenvalue weighted by Gasteiger charge is 2.36. The molecule has 180 valence electrons. The highest BCUT2D eigenvalue weighted by molar-refractivity contribution is 5.99. The molecule has 3 aromatic rings. The van der Waals surface area contributed by atoms with Gasteiger partial charge in [-0.2, -0.15) is 5.10 Å². The fourth-order valence-corrected chi connectivity index (χ4v) is 5.48. The van der Waals surface area contributed by atoms with Gasteiger partial charge in [0.05, 0.1) is 18.3 Å². The van der Waals surface area contributed by atoms with E-state index in [1.165, 1.54) is 11.3 Å². The first-order valence-corrected chi connectivity index (χ1v) is 12.3. The molecule has 0 bridgehead atoms. The van der Waals surface area contributed by atoms with Gasteiger partial charge in [-0.25, -0.2) is 0 Å². The summed E-state index contributed by atoms with van der Waals surface area (Å²) in [6.45, 7) is 4.77. The zero-order valence-electron chi connectivity index (χ0n) is 20.1. The van der Waals surface area contributed by atoms with Crippen molar-refractivity contribution in [3.63, 3.8) is 0 Å². The maximum absolute atomic E-state index is 13.3. The van der Waals surface area contributed by atoms with Crippen LogP contribution in [0.2, 0.25) is 0 Å². The second kappa shape index (κ2) is 8.05. The van der Waals surface area contributed by atoms with Crippen molar-refractivity contribution in [2.75, 3.05) is 6.61 Å². The molecule has 1 fully saturated rings. The van der Waals surface area contributed by atoms with E-state index in [1.54, 1.807) is 17.0 Å². The number of rotatable bonds is 6. The van der Waals surface area contributed by atoms with Gasteiger partial charge < -0.3 is 15.3 Å². The molecule has 1 aliphatic heterocycles. The summed E-state index contributed by atoms with van der Waals surface area (Å²) in [5.74, 6) is -0.167. The van der Waals surface area contributed by atoms with E-state index < -0.39 is 6.04 Å². The van der Waals surface area contributed by atoms with E-state index in [9.17, 15) is 14.7 Å². The Morgan fingerprint density at radius 3 is 2.69 bits per heavy atom. The fraction of sp³-hybridized carbons (Fsp3) is 0.393. The minimum Gasteiger partial charge on any atom is -0.394 e. The standard InChI is InChI=1S/C28H30N4O3/c1-28(2)12-22-23(13-28)30-31-25(22)18-7-10-21-19(11-18)14-32(27(21)35)24(15-33)16-3-5-17(6-4-16)26(34)29-20-8-9-20/h3-7,10-11,20,24,33H,8-9,12-15H2,1-2H3,(H,29,34)(H,30,31)/t24-/m1/s1. The van der Waals surface area contributed by atoms with Gasteiger partial charge in [-0.05, 0) is 66.5 Å². The lowest BCUT2D eigenvalue weighted by Gasteiger charge is -2.26. The molecular formula is C28H30N4O3. The smallest absolute Gasteiger partial charge is 0.255 e. The third-order valence-corrected chi connectivity index (χ3v) is 7.49. The maximum Gasteiger partial charge on any atom is 0.255 e. The van der Waals surface area contributed by atoms with Gasteiger partial charge in [0.2, 0.25) is 0 Å². The van der Waals surface area contributed by atoms with Gasteiger partial charge in [0.15, 0.2) is 0 Å². The third kappa shape index (κ3) is 3.93. The van der Waals surface area contributed by atoms with Crippen molar-refractivity contribution in [2.24, 2.45) is 5.41 Å². The Morgan fingerprint density at radius 2 is 1.97 bits per heavy atom. The summed E-state index contributed by atoms with van der Waals surface area (Å²) < 4.78 is 0. The van der Waals surface area contributed by atoms with Crippen LogP contribution in [0.1, 0.15) is 75.8 Å². The van der Waals surface area contributed by atoms with Crippen LogP contribution in [0.3, 0.4) is 0 Å². The van der Waals surface area contributed by atoms with E-state index >= 15 is 0 Å². The number of aliphatic hydroxyl groups excluding tert-OH is 1. The molecule has 2 amide bonds. The van der Waals surface area contributed by atoms with Gasteiger partial charge in [-0.3, -0.25) is 14.7 Å². The molecule has 7 heteroatoms. The lowest BCUT2D eigenvalue weighted by atomic mass is 9.90. The topological polar surface area (TPSA) is 98.3 Å². The average Bonchev–Trinajstić information content (AvgIpc) is 3.38. The van der Waals surface area contributed by atoms with Crippen LogP contribution >= 0.6 is 0 Å². The quantitative estimate of drug-likeness (QED) is 0.511. The van der Waals surface area contributed by atoms with E-state index in [2.05, 4.69) is 35.4 Å². The first kappa shape index (κ1) is 22.0. The minimum atomic E-state index is -0.477. The minimum absolute atomic E-state index is 0.0787. The Balaban J connectivity index is 1.23. The number of benzene rings is 2. The van der Waals surface area contributed by atoms with Crippen LogP contribution in [0, 0.1) is 5.41 Å². The first-order valence-electron chi connectivity index (χ1n) is 12.3. The van der Waals surface area contributed by atoms with Gasteiger partial charge >= 0.3 is 0 Å². The zero-order valence-corrected chi connectivity index (χ0v) is 20.1. The number of carbonyl (C=O) groups excluding carboxylic acids is 2. The summed E-state index contributed by atoms with van der Waals surface area (Å²) in [4.78, 5) is 27.3. The van der Waals surface area contributed by atoms with Crippen LogP contribution in [0.5, 0.6) is 0 Å². The summed E-state index contributed by atoms with van der Waals surface area (Å²) in [6, 6.07) is 12.9. The van der Waals surface area contributed by atoms with Crippen molar-refractivity contribution in [3.8, 4) is 11.3 Å². The van der Waals surface area contributed by atoms with Gasteiger partial charge in [0, 0.05) is 40.5 Å². The van der Waals surface area contributed by atoms with E-state index in [0.29, 0.717) is 23.7 Å². The van der Waals surface area contributed by atoms with Gasteiger partial charge in [0.1, 0.15) is 0 Å². The van der Waals surface area contributed by atoms with Crippen molar-refractivity contribution < 1.29 is 14.7 Å². The summed E-state index contributed by atoms with van der Waals surface area (Å²) in [5, 5.41) is 21.0. The molecule has 7 nitrogen and oxygen atoms in total. The van der Waals surface area contributed by atoms with Crippen LogP contribution in [0.15, 0.2) is 42.5 Å². The molecule has 1 aromatic heterocycles. The molecular weight excluding hydrogens is 440 g/mol. The largest absolute Gasteiger partial charge is 0.394 e. The van der Waals surface area contributed by atoms with Crippen LogP contribution in [0.25, 0.3) is 11.3 Å². The molecule has 3 aliphatic rings. The van der Waals surface area contributed by atoms with Gasteiger partial charge in [-0.1, -0.05) is 32.0 Å².